The van der Waals surface area contributed by atoms with Crippen LogP contribution in [-0.2, 0) is 4.74 Å². The summed E-state index contributed by atoms with van der Waals surface area (Å²) < 4.78 is 6.06. The third kappa shape index (κ3) is 4.04. The predicted octanol–water partition coefficient (Wildman–Crippen LogP) is 1.90. The fourth-order valence-electron chi connectivity index (χ4n) is 4.08. The molecule has 0 saturated carbocycles. The largest absolute Gasteiger partial charge is 0.389 e. The third-order valence-electron chi connectivity index (χ3n) is 5.84. The molecule has 2 saturated heterocycles. The molecule has 0 spiro atoms. The van der Waals surface area contributed by atoms with Gasteiger partial charge in [-0.1, -0.05) is 18.2 Å². The Balaban J connectivity index is 1.35. The number of aliphatic hydroxyl groups excluding tert-OH is 1. The second-order valence-corrected chi connectivity index (χ2v) is 8.08. The lowest BCUT2D eigenvalue weighted by Gasteiger charge is -2.38. The van der Waals surface area contributed by atoms with E-state index < -0.39 is 0 Å². The first-order chi connectivity index (χ1) is 15.1. The lowest BCUT2D eigenvalue weighted by molar-refractivity contribution is 0.0395. The first-order valence-electron chi connectivity index (χ1n) is 10.5. The number of hydrogen-bond acceptors (Lipinski definition) is 7. The van der Waals surface area contributed by atoms with Crippen molar-refractivity contribution in [2.45, 2.75) is 19.1 Å². The summed E-state index contributed by atoms with van der Waals surface area (Å²) in [4.78, 5) is 27.8. The fourth-order valence-corrected chi connectivity index (χ4v) is 4.08. The number of aromatic nitrogens is 3. The van der Waals surface area contributed by atoms with Crippen LogP contribution >= 0.6 is 0 Å². The van der Waals surface area contributed by atoms with Crippen molar-refractivity contribution in [2.75, 3.05) is 42.6 Å². The Morgan fingerprint density at radius 2 is 1.87 bits per heavy atom. The Labute approximate surface area is 180 Å². The van der Waals surface area contributed by atoms with Crippen LogP contribution in [0.15, 0.2) is 53.5 Å². The third-order valence-corrected chi connectivity index (χ3v) is 5.84. The van der Waals surface area contributed by atoms with Gasteiger partial charge in [-0.25, -0.2) is 9.97 Å². The van der Waals surface area contributed by atoms with E-state index in [0.717, 1.165) is 29.2 Å². The molecule has 2 aliphatic heterocycles. The van der Waals surface area contributed by atoms with Crippen LogP contribution in [0.3, 0.4) is 0 Å². The molecule has 1 atom stereocenters. The van der Waals surface area contributed by atoms with Gasteiger partial charge in [0, 0.05) is 44.1 Å². The lowest BCUT2D eigenvalue weighted by Crippen LogP contribution is -2.50. The summed E-state index contributed by atoms with van der Waals surface area (Å²) in [6.45, 7) is 5.46. The average molecular weight is 419 g/mol. The van der Waals surface area contributed by atoms with Gasteiger partial charge in [0.25, 0.3) is 5.56 Å². The van der Waals surface area contributed by atoms with Gasteiger partial charge < -0.3 is 24.6 Å². The molecule has 0 aliphatic carbocycles. The van der Waals surface area contributed by atoms with Crippen molar-refractivity contribution in [1.82, 2.24) is 15.0 Å². The number of aryl methyl sites for hydroxylation is 1. The number of anilines is 2. The summed E-state index contributed by atoms with van der Waals surface area (Å²) in [5.74, 6) is 1.34. The molecule has 1 aromatic carbocycles. The molecule has 160 valence electrons. The van der Waals surface area contributed by atoms with Crippen LogP contribution in [0.2, 0.25) is 0 Å². The molecule has 8 nitrogen and oxygen atoms in total. The highest BCUT2D eigenvalue weighted by Gasteiger charge is 2.26. The quantitative estimate of drug-likeness (QED) is 0.667. The van der Waals surface area contributed by atoms with Gasteiger partial charge in [0.15, 0.2) is 5.82 Å². The molecule has 2 aromatic heterocycles. The second-order valence-electron chi connectivity index (χ2n) is 8.08. The van der Waals surface area contributed by atoms with E-state index in [2.05, 4.69) is 44.0 Å². The number of aromatic amines is 1. The van der Waals surface area contributed by atoms with Gasteiger partial charge in [-0.2, -0.15) is 0 Å². The number of nitrogens with zero attached hydrogens (tertiary/aromatic N) is 4. The van der Waals surface area contributed by atoms with Crippen molar-refractivity contribution in [2.24, 2.45) is 0 Å². The molecule has 0 radical (unpaired) electrons. The Morgan fingerprint density at radius 1 is 1.06 bits per heavy atom. The smallest absolute Gasteiger partial charge is 0.251 e. The SMILES string of the molecule is Cc1ccc(-c2nccc(=O)[nH]2)nc1N1CCOC(c2ccc(N3CC(O)C3)cc2)C1. The Morgan fingerprint density at radius 3 is 2.61 bits per heavy atom. The zero-order chi connectivity index (χ0) is 21.4. The number of pyridine rings is 1. The van der Waals surface area contributed by atoms with Gasteiger partial charge in [-0.15, -0.1) is 0 Å². The summed E-state index contributed by atoms with van der Waals surface area (Å²) in [6, 6.07) is 13.6. The molecule has 5 rings (SSSR count). The highest BCUT2D eigenvalue weighted by molar-refractivity contribution is 5.57. The van der Waals surface area contributed by atoms with Crippen molar-refractivity contribution in [3.05, 3.63) is 70.1 Å². The number of benzene rings is 1. The number of aliphatic hydroxyl groups is 1. The maximum atomic E-state index is 11.7. The number of β-amino-alcohol motifs (C(OH)–C–C–N with tert-alkyl or cyclic N) is 1. The Hall–Kier alpha value is -3.23. The van der Waals surface area contributed by atoms with E-state index in [1.54, 1.807) is 0 Å². The zero-order valence-corrected chi connectivity index (χ0v) is 17.4. The molecule has 0 amide bonds. The average Bonchev–Trinajstić information content (AvgIpc) is 2.77. The monoisotopic (exact) mass is 419 g/mol. The van der Waals surface area contributed by atoms with E-state index in [1.807, 2.05) is 19.1 Å². The molecule has 8 heteroatoms. The molecule has 2 fully saturated rings. The van der Waals surface area contributed by atoms with Crippen molar-refractivity contribution in [3.63, 3.8) is 0 Å². The summed E-state index contributed by atoms with van der Waals surface area (Å²) in [7, 11) is 0. The normalized spacial score (nSPS) is 19.4. The topological polar surface area (TPSA) is 94.6 Å². The van der Waals surface area contributed by atoms with Crippen molar-refractivity contribution in [3.8, 4) is 11.5 Å². The van der Waals surface area contributed by atoms with Crippen LogP contribution in [0, 0.1) is 6.92 Å². The van der Waals surface area contributed by atoms with Crippen molar-refractivity contribution in [1.29, 1.82) is 0 Å². The predicted molar refractivity (Wildman–Crippen MR) is 118 cm³/mol. The van der Waals surface area contributed by atoms with E-state index >= 15 is 0 Å². The van der Waals surface area contributed by atoms with E-state index in [0.29, 0.717) is 37.8 Å². The lowest BCUT2D eigenvalue weighted by atomic mass is 10.0. The van der Waals surface area contributed by atoms with E-state index in [1.165, 1.54) is 12.3 Å². The highest BCUT2D eigenvalue weighted by Crippen LogP contribution is 2.30. The first-order valence-corrected chi connectivity index (χ1v) is 10.5. The summed E-state index contributed by atoms with van der Waals surface area (Å²) >= 11 is 0. The molecule has 3 aromatic rings. The highest BCUT2D eigenvalue weighted by atomic mass is 16.5. The molecule has 2 N–H and O–H groups in total. The van der Waals surface area contributed by atoms with Crippen LogP contribution in [0.4, 0.5) is 11.5 Å². The number of H-pyrrole nitrogens is 1. The summed E-state index contributed by atoms with van der Waals surface area (Å²) in [6.07, 6.45) is 1.22. The Bertz CT molecular complexity index is 1120. The number of nitrogens with one attached hydrogen (secondary N) is 1. The number of hydrogen-bond donors (Lipinski definition) is 2. The molecule has 2 aliphatic rings. The molecule has 31 heavy (non-hydrogen) atoms. The molecular weight excluding hydrogens is 394 g/mol. The molecule has 4 heterocycles. The van der Waals surface area contributed by atoms with E-state index in [9.17, 15) is 9.90 Å². The van der Waals surface area contributed by atoms with E-state index in [4.69, 9.17) is 9.72 Å². The zero-order valence-electron chi connectivity index (χ0n) is 17.4. The first kappa shape index (κ1) is 19.7. The molecular formula is C23H25N5O3. The maximum Gasteiger partial charge on any atom is 0.251 e. The maximum absolute atomic E-state index is 11.7. The van der Waals surface area contributed by atoms with Gasteiger partial charge in [0.1, 0.15) is 17.6 Å². The Kier molecular flexibility index (Phi) is 5.17. The fraction of sp³-hybridized carbons (Fsp3) is 0.348. The minimum atomic E-state index is -0.217. The minimum Gasteiger partial charge on any atom is -0.389 e. The van der Waals surface area contributed by atoms with E-state index in [-0.39, 0.29) is 17.8 Å². The minimum absolute atomic E-state index is 0.0516. The standard InChI is InChI=1S/C23H25N5O3/c1-15-2-7-19(22-24-9-8-21(30)26-22)25-23(15)27-10-11-31-20(14-27)16-3-5-17(6-4-16)28-12-18(29)13-28/h2-9,18,20,29H,10-14H2,1H3,(H,24,26,30). The summed E-state index contributed by atoms with van der Waals surface area (Å²) in [5.41, 5.74) is 3.75. The van der Waals surface area contributed by atoms with Crippen LogP contribution in [-0.4, -0.2) is 58.9 Å². The number of morpholine rings is 1. The molecule has 1 unspecified atom stereocenters. The number of rotatable bonds is 4. The van der Waals surface area contributed by atoms with Crippen LogP contribution < -0.4 is 15.4 Å². The van der Waals surface area contributed by atoms with Gasteiger partial charge in [-0.3, -0.25) is 4.79 Å². The van der Waals surface area contributed by atoms with Crippen LogP contribution in [0.25, 0.3) is 11.5 Å². The van der Waals surface area contributed by atoms with Crippen LogP contribution in [0.1, 0.15) is 17.2 Å². The van der Waals surface area contributed by atoms with Gasteiger partial charge >= 0.3 is 0 Å². The second kappa shape index (κ2) is 8.13. The van der Waals surface area contributed by atoms with Crippen molar-refractivity contribution >= 4 is 11.5 Å². The number of ether oxygens (including phenoxy) is 1. The molecule has 0 bridgehead atoms. The summed E-state index contributed by atoms with van der Waals surface area (Å²) in [5, 5.41) is 9.51. The van der Waals surface area contributed by atoms with Crippen molar-refractivity contribution < 1.29 is 9.84 Å². The van der Waals surface area contributed by atoms with Crippen LogP contribution in [0.5, 0.6) is 0 Å². The van der Waals surface area contributed by atoms with Gasteiger partial charge in [0.2, 0.25) is 0 Å². The van der Waals surface area contributed by atoms with Gasteiger partial charge in [0.05, 0.1) is 12.7 Å². The van der Waals surface area contributed by atoms with Gasteiger partial charge in [-0.05, 0) is 36.2 Å².